The number of carbonyl (C=O) groups is 1. The molecule has 2 fully saturated rings. The molecule has 11 heteroatoms. The van der Waals surface area contributed by atoms with Gasteiger partial charge in [-0.15, -0.1) is 0 Å². The summed E-state index contributed by atoms with van der Waals surface area (Å²) in [6, 6.07) is 0.868. The van der Waals surface area contributed by atoms with E-state index < -0.39 is 28.6 Å². The van der Waals surface area contributed by atoms with Crippen LogP contribution in [0.15, 0.2) is 36.9 Å². The molecule has 1 saturated heterocycles. The molecule has 0 amide bonds. The second-order valence-corrected chi connectivity index (χ2v) is 9.31. The largest absolute Gasteiger partial charge is 0.518 e. The Hall–Kier alpha value is -3.11. The van der Waals surface area contributed by atoms with Crippen LogP contribution in [0, 0.1) is 5.82 Å². The molecule has 9 nitrogen and oxygen atoms in total. The van der Waals surface area contributed by atoms with E-state index in [0.29, 0.717) is 30.9 Å². The van der Waals surface area contributed by atoms with Gasteiger partial charge in [-0.2, -0.15) is 0 Å². The smallest absolute Gasteiger partial charge is 0.477 e. The van der Waals surface area contributed by atoms with Crippen molar-refractivity contribution in [3.8, 4) is 0 Å². The van der Waals surface area contributed by atoms with Gasteiger partial charge in [-0.05, 0) is 32.8 Å². The number of hydrogen-bond donors (Lipinski definition) is 1. The normalized spacial score (nSPS) is 20.1. The molecule has 1 N–H and O–H groups in total. The SMILES string of the molecule is CC1CN(c2c(F)cc3c(=O)c(C(=O)O)cn(C4CC4)c3c2Cl)CCN1[C@@H](C)c1coc(=O)o1. The first-order valence-corrected chi connectivity index (χ1v) is 11.4. The number of aromatic carboxylic acids is 1. The fourth-order valence-corrected chi connectivity index (χ4v) is 5.27. The fourth-order valence-electron chi connectivity index (χ4n) is 4.86. The van der Waals surface area contributed by atoms with Crippen LogP contribution in [0.2, 0.25) is 5.02 Å². The van der Waals surface area contributed by atoms with Crippen molar-refractivity contribution in [2.24, 2.45) is 0 Å². The zero-order valence-corrected chi connectivity index (χ0v) is 19.3. The summed E-state index contributed by atoms with van der Waals surface area (Å²) in [6.07, 6.45) is 4.28. The Bertz CT molecular complexity index is 1410. The van der Waals surface area contributed by atoms with Gasteiger partial charge in [0.15, 0.2) is 5.76 Å². The van der Waals surface area contributed by atoms with E-state index in [9.17, 15) is 19.5 Å². The maximum atomic E-state index is 15.4. The summed E-state index contributed by atoms with van der Waals surface area (Å²) in [7, 11) is 0. The Kier molecular flexibility index (Phi) is 5.52. The average Bonchev–Trinajstić information content (AvgIpc) is 3.53. The van der Waals surface area contributed by atoms with Gasteiger partial charge < -0.3 is 23.4 Å². The number of pyridine rings is 1. The van der Waals surface area contributed by atoms with Crippen LogP contribution in [0.3, 0.4) is 0 Å². The van der Waals surface area contributed by atoms with Crippen molar-refractivity contribution in [3.63, 3.8) is 0 Å². The molecular weight excluding hydrogens is 469 g/mol. The highest BCUT2D eigenvalue weighted by molar-refractivity contribution is 6.38. The Morgan fingerprint density at radius 3 is 2.62 bits per heavy atom. The molecule has 3 heterocycles. The molecule has 5 rings (SSSR count). The van der Waals surface area contributed by atoms with Gasteiger partial charge in [0.1, 0.15) is 17.6 Å². The highest BCUT2D eigenvalue weighted by atomic mass is 35.5. The standard InChI is InChI=1S/C23H23ClFN3O6/c1-11-8-26(5-6-27(11)12(2)17-10-33-23(32)34-17)20-16(25)7-14-19(18(20)24)28(13-3-4-13)9-15(21(14)29)22(30)31/h7,9-13H,3-6,8H2,1-2H3,(H,30,31)/t11?,12-/m0/s1. The number of carboxylic acids is 1. The summed E-state index contributed by atoms with van der Waals surface area (Å²) in [6.45, 7) is 5.30. The summed E-state index contributed by atoms with van der Waals surface area (Å²) >= 11 is 6.74. The average molecular weight is 492 g/mol. The van der Waals surface area contributed by atoms with E-state index in [1.807, 2.05) is 18.7 Å². The van der Waals surface area contributed by atoms with E-state index in [1.54, 1.807) is 4.57 Å². The molecule has 0 bridgehead atoms. The van der Waals surface area contributed by atoms with Crippen LogP contribution in [0.1, 0.15) is 54.9 Å². The molecule has 1 aliphatic carbocycles. The van der Waals surface area contributed by atoms with Crippen LogP contribution in [0.25, 0.3) is 10.9 Å². The van der Waals surface area contributed by atoms with Crippen LogP contribution < -0.4 is 16.2 Å². The summed E-state index contributed by atoms with van der Waals surface area (Å²) in [4.78, 5) is 39.6. The van der Waals surface area contributed by atoms with Crippen molar-refractivity contribution in [3.05, 3.63) is 61.5 Å². The Morgan fingerprint density at radius 1 is 1.29 bits per heavy atom. The number of halogens is 2. The molecule has 2 aliphatic rings. The Morgan fingerprint density at radius 2 is 2.03 bits per heavy atom. The molecule has 1 saturated carbocycles. The van der Waals surface area contributed by atoms with E-state index in [1.165, 1.54) is 12.5 Å². The van der Waals surface area contributed by atoms with Gasteiger partial charge in [0.2, 0.25) is 5.43 Å². The summed E-state index contributed by atoms with van der Waals surface area (Å²) in [5.74, 6) is -2.36. The van der Waals surface area contributed by atoms with Gasteiger partial charge in [0.05, 0.1) is 27.7 Å². The lowest BCUT2D eigenvalue weighted by atomic mass is 10.1. The van der Waals surface area contributed by atoms with Gasteiger partial charge in [-0.1, -0.05) is 11.6 Å². The lowest BCUT2D eigenvalue weighted by Gasteiger charge is -2.43. The van der Waals surface area contributed by atoms with Crippen LogP contribution >= 0.6 is 11.6 Å². The Labute approximate surface area is 197 Å². The van der Waals surface area contributed by atoms with Crippen LogP contribution in [0.5, 0.6) is 0 Å². The predicted molar refractivity (Wildman–Crippen MR) is 122 cm³/mol. The predicted octanol–water partition coefficient (Wildman–Crippen LogP) is 3.65. The third-order valence-corrected chi connectivity index (χ3v) is 7.09. The number of benzene rings is 1. The third-order valence-electron chi connectivity index (χ3n) is 6.73. The number of anilines is 1. The van der Waals surface area contributed by atoms with Crippen LogP contribution in [-0.2, 0) is 0 Å². The highest BCUT2D eigenvalue weighted by Gasteiger charge is 2.34. The van der Waals surface area contributed by atoms with Crippen molar-refractivity contribution >= 4 is 34.2 Å². The monoisotopic (exact) mass is 491 g/mol. The topological polar surface area (TPSA) is 109 Å². The molecule has 180 valence electrons. The number of carboxylic acid groups (broad SMARTS) is 1. The first kappa shape index (κ1) is 22.7. The van der Waals surface area contributed by atoms with Crippen molar-refractivity contribution in [2.45, 2.75) is 44.8 Å². The van der Waals surface area contributed by atoms with Crippen molar-refractivity contribution in [2.75, 3.05) is 24.5 Å². The molecule has 1 aliphatic heterocycles. The number of rotatable bonds is 5. The number of piperazine rings is 1. The minimum Gasteiger partial charge on any atom is -0.477 e. The van der Waals surface area contributed by atoms with Gasteiger partial charge in [-0.3, -0.25) is 9.69 Å². The number of aromatic nitrogens is 1. The van der Waals surface area contributed by atoms with Crippen LogP contribution in [-0.4, -0.2) is 46.2 Å². The van der Waals surface area contributed by atoms with E-state index in [4.69, 9.17) is 20.4 Å². The molecule has 1 aromatic carbocycles. The number of hydrogen-bond acceptors (Lipinski definition) is 7. The van der Waals surface area contributed by atoms with Crippen LogP contribution in [0.4, 0.5) is 10.1 Å². The molecule has 2 atom stereocenters. The van der Waals surface area contributed by atoms with Gasteiger partial charge in [0, 0.05) is 37.9 Å². The molecule has 34 heavy (non-hydrogen) atoms. The molecule has 0 radical (unpaired) electrons. The summed E-state index contributed by atoms with van der Waals surface area (Å²) in [5, 5.41) is 9.52. The molecule has 3 aromatic rings. The number of fused-ring (bicyclic) bond motifs is 1. The first-order valence-electron chi connectivity index (χ1n) is 11.1. The van der Waals surface area contributed by atoms with Gasteiger partial charge in [-0.25, -0.2) is 14.0 Å². The maximum Gasteiger partial charge on any atom is 0.518 e. The fraction of sp³-hybridized carbons (Fsp3) is 0.435. The van der Waals surface area contributed by atoms with E-state index in [-0.39, 0.29) is 34.2 Å². The van der Waals surface area contributed by atoms with E-state index in [0.717, 1.165) is 18.9 Å². The van der Waals surface area contributed by atoms with Gasteiger partial charge >= 0.3 is 11.8 Å². The molecule has 0 spiro atoms. The van der Waals surface area contributed by atoms with Crippen molar-refractivity contribution in [1.29, 1.82) is 0 Å². The minimum absolute atomic E-state index is 0.0262. The second kappa shape index (κ2) is 8.28. The minimum atomic E-state index is -1.35. The Balaban J connectivity index is 1.53. The zero-order valence-electron chi connectivity index (χ0n) is 18.6. The van der Waals surface area contributed by atoms with Gasteiger partial charge in [0.25, 0.3) is 0 Å². The third kappa shape index (κ3) is 3.70. The lowest BCUT2D eigenvalue weighted by Crippen LogP contribution is -2.52. The highest BCUT2D eigenvalue weighted by Crippen LogP contribution is 2.42. The summed E-state index contributed by atoms with van der Waals surface area (Å²) < 4.78 is 26.9. The quantitative estimate of drug-likeness (QED) is 0.576. The van der Waals surface area contributed by atoms with Crippen molar-refractivity contribution in [1.82, 2.24) is 9.47 Å². The molecule has 1 unspecified atom stereocenters. The van der Waals surface area contributed by atoms with E-state index >= 15 is 4.39 Å². The van der Waals surface area contributed by atoms with E-state index in [2.05, 4.69) is 4.90 Å². The lowest BCUT2D eigenvalue weighted by molar-refractivity contribution is 0.0695. The second-order valence-electron chi connectivity index (χ2n) is 8.93. The molecule has 2 aromatic heterocycles. The first-order chi connectivity index (χ1) is 16.2. The zero-order chi connectivity index (χ0) is 24.3. The molecular formula is C23H23ClFN3O6. The van der Waals surface area contributed by atoms with Crippen molar-refractivity contribution < 1.29 is 23.1 Å². The summed E-state index contributed by atoms with van der Waals surface area (Å²) in [5.41, 5.74) is -0.593. The maximum absolute atomic E-state index is 15.4. The number of nitrogens with zero attached hydrogens (tertiary/aromatic N) is 3.